The zero-order valence-corrected chi connectivity index (χ0v) is 9.61. The van der Waals surface area contributed by atoms with Crippen molar-refractivity contribution < 1.29 is 0 Å². The van der Waals surface area contributed by atoms with Crippen molar-refractivity contribution in [3.8, 4) is 0 Å². The van der Waals surface area contributed by atoms with Crippen molar-refractivity contribution in [1.29, 1.82) is 0 Å². The molecule has 1 aliphatic rings. The van der Waals surface area contributed by atoms with Crippen molar-refractivity contribution >= 4 is 0 Å². The first-order valence-corrected chi connectivity index (χ1v) is 5.79. The van der Waals surface area contributed by atoms with Gasteiger partial charge in [0.1, 0.15) is 0 Å². The molecule has 2 heteroatoms. The maximum absolute atomic E-state index is 6.52. The lowest BCUT2D eigenvalue weighted by Gasteiger charge is -2.40. The van der Waals surface area contributed by atoms with E-state index in [0.717, 1.165) is 24.7 Å². The van der Waals surface area contributed by atoms with E-state index in [2.05, 4.69) is 24.9 Å². The monoisotopic (exact) mass is 204 g/mol. The molecule has 1 aliphatic carbocycles. The van der Waals surface area contributed by atoms with Crippen LogP contribution in [-0.4, -0.2) is 4.98 Å². The normalized spacial score (nSPS) is 36.5. The van der Waals surface area contributed by atoms with Crippen LogP contribution in [0.4, 0.5) is 0 Å². The summed E-state index contributed by atoms with van der Waals surface area (Å²) in [6, 6.07) is 4.09. The van der Waals surface area contributed by atoms with Crippen LogP contribution in [0.2, 0.25) is 0 Å². The zero-order chi connectivity index (χ0) is 10.9. The van der Waals surface area contributed by atoms with E-state index in [4.69, 9.17) is 5.73 Å². The van der Waals surface area contributed by atoms with Gasteiger partial charge in [-0.3, -0.25) is 4.98 Å². The Morgan fingerprint density at radius 3 is 2.53 bits per heavy atom. The van der Waals surface area contributed by atoms with Gasteiger partial charge in [0, 0.05) is 17.9 Å². The third-order valence-corrected chi connectivity index (χ3v) is 3.47. The number of nitrogens with two attached hydrogens (primary N) is 1. The second-order valence-corrected chi connectivity index (χ2v) is 5.25. The molecule has 1 aromatic heterocycles. The Hall–Kier alpha value is -0.890. The first kappa shape index (κ1) is 10.6. The Balaban J connectivity index is 2.26. The molecule has 0 aliphatic heterocycles. The van der Waals surface area contributed by atoms with Gasteiger partial charge in [0.15, 0.2) is 0 Å². The minimum Gasteiger partial charge on any atom is -0.321 e. The molecule has 15 heavy (non-hydrogen) atoms. The van der Waals surface area contributed by atoms with Crippen molar-refractivity contribution in [3.63, 3.8) is 0 Å². The fourth-order valence-corrected chi connectivity index (χ4v) is 3.07. The summed E-state index contributed by atoms with van der Waals surface area (Å²) < 4.78 is 0. The molecule has 2 N–H and O–H groups in total. The van der Waals surface area contributed by atoms with Crippen molar-refractivity contribution in [2.75, 3.05) is 0 Å². The molecule has 0 bridgehead atoms. The van der Waals surface area contributed by atoms with Gasteiger partial charge in [-0.1, -0.05) is 19.9 Å². The van der Waals surface area contributed by atoms with Crippen LogP contribution in [0.5, 0.6) is 0 Å². The average Bonchev–Trinajstić information content (AvgIpc) is 2.17. The second-order valence-electron chi connectivity index (χ2n) is 5.25. The number of rotatable bonds is 1. The fraction of sp³-hybridized carbons (Fsp3) is 0.615. The smallest absolute Gasteiger partial charge is 0.0430 e. The van der Waals surface area contributed by atoms with Crippen LogP contribution < -0.4 is 5.73 Å². The average molecular weight is 204 g/mol. The molecule has 2 nitrogen and oxygen atoms in total. The molecule has 1 saturated carbocycles. The molecule has 1 aromatic rings. The van der Waals surface area contributed by atoms with E-state index in [9.17, 15) is 0 Å². The van der Waals surface area contributed by atoms with Gasteiger partial charge >= 0.3 is 0 Å². The van der Waals surface area contributed by atoms with Crippen LogP contribution in [-0.2, 0) is 5.54 Å². The van der Waals surface area contributed by atoms with Gasteiger partial charge in [-0.25, -0.2) is 0 Å². The third-order valence-electron chi connectivity index (χ3n) is 3.47. The molecular weight excluding hydrogens is 184 g/mol. The van der Waals surface area contributed by atoms with Crippen LogP contribution in [0.15, 0.2) is 24.5 Å². The summed E-state index contributed by atoms with van der Waals surface area (Å²) in [6.07, 6.45) is 7.21. The van der Waals surface area contributed by atoms with E-state index in [0.29, 0.717) is 0 Å². The Kier molecular flexibility index (Phi) is 2.79. The first-order chi connectivity index (χ1) is 7.10. The number of hydrogen-bond donors (Lipinski definition) is 1. The highest BCUT2D eigenvalue weighted by molar-refractivity contribution is 5.21. The second kappa shape index (κ2) is 3.93. The molecule has 82 valence electrons. The molecule has 2 rings (SSSR count). The molecule has 0 amide bonds. The fourth-order valence-electron chi connectivity index (χ4n) is 3.07. The largest absolute Gasteiger partial charge is 0.321 e. The van der Waals surface area contributed by atoms with E-state index < -0.39 is 0 Å². The lowest BCUT2D eigenvalue weighted by Crippen LogP contribution is -2.43. The lowest BCUT2D eigenvalue weighted by atomic mass is 9.69. The quantitative estimate of drug-likeness (QED) is 0.764. The lowest BCUT2D eigenvalue weighted by molar-refractivity contribution is 0.183. The molecule has 0 radical (unpaired) electrons. The summed E-state index contributed by atoms with van der Waals surface area (Å²) in [5.74, 6) is 1.44. The Labute approximate surface area is 91.9 Å². The highest BCUT2D eigenvalue weighted by Crippen LogP contribution is 2.40. The maximum Gasteiger partial charge on any atom is 0.0430 e. The van der Waals surface area contributed by atoms with E-state index in [1.54, 1.807) is 0 Å². The highest BCUT2D eigenvalue weighted by atomic mass is 14.8. The van der Waals surface area contributed by atoms with Gasteiger partial charge in [0.25, 0.3) is 0 Å². The van der Waals surface area contributed by atoms with Crippen molar-refractivity contribution in [3.05, 3.63) is 30.1 Å². The predicted molar refractivity (Wildman–Crippen MR) is 62.3 cm³/mol. The third kappa shape index (κ3) is 2.20. The van der Waals surface area contributed by atoms with Gasteiger partial charge < -0.3 is 5.73 Å². The van der Waals surface area contributed by atoms with Crippen LogP contribution in [0.1, 0.15) is 38.7 Å². The standard InChI is InChI=1S/C13H20N2/c1-10-6-11(2)8-13(14,7-10)12-4-3-5-15-9-12/h3-5,9-11H,6-8,14H2,1-2H3. The van der Waals surface area contributed by atoms with Crippen LogP contribution in [0, 0.1) is 11.8 Å². The highest BCUT2D eigenvalue weighted by Gasteiger charge is 2.35. The van der Waals surface area contributed by atoms with E-state index in [1.807, 2.05) is 18.5 Å². The Bertz CT molecular complexity index is 311. The molecule has 1 fully saturated rings. The maximum atomic E-state index is 6.52. The minimum absolute atomic E-state index is 0.147. The van der Waals surface area contributed by atoms with Crippen molar-refractivity contribution in [2.45, 2.75) is 38.6 Å². The van der Waals surface area contributed by atoms with Gasteiger partial charge in [0.05, 0.1) is 0 Å². The number of hydrogen-bond acceptors (Lipinski definition) is 2. The Morgan fingerprint density at radius 2 is 2.00 bits per heavy atom. The predicted octanol–water partition coefficient (Wildman–Crippen LogP) is 2.69. The van der Waals surface area contributed by atoms with Gasteiger partial charge in [0.2, 0.25) is 0 Å². The van der Waals surface area contributed by atoms with Gasteiger partial charge in [-0.05, 0) is 42.7 Å². The van der Waals surface area contributed by atoms with E-state index in [1.165, 1.54) is 12.0 Å². The minimum atomic E-state index is -0.147. The van der Waals surface area contributed by atoms with Gasteiger partial charge in [-0.2, -0.15) is 0 Å². The molecule has 2 unspecified atom stereocenters. The summed E-state index contributed by atoms with van der Waals surface area (Å²) >= 11 is 0. The van der Waals surface area contributed by atoms with Crippen LogP contribution in [0.25, 0.3) is 0 Å². The number of aromatic nitrogens is 1. The Morgan fingerprint density at radius 1 is 1.33 bits per heavy atom. The summed E-state index contributed by atoms with van der Waals surface area (Å²) in [4.78, 5) is 4.18. The molecule has 2 atom stereocenters. The number of pyridine rings is 1. The molecular formula is C13H20N2. The summed E-state index contributed by atoms with van der Waals surface area (Å²) in [5, 5.41) is 0. The molecule has 1 heterocycles. The molecule has 0 aromatic carbocycles. The van der Waals surface area contributed by atoms with Crippen LogP contribution in [0.3, 0.4) is 0 Å². The molecule has 0 saturated heterocycles. The molecule has 0 spiro atoms. The zero-order valence-electron chi connectivity index (χ0n) is 9.61. The van der Waals surface area contributed by atoms with E-state index >= 15 is 0 Å². The van der Waals surface area contributed by atoms with Gasteiger partial charge in [-0.15, -0.1) is 0 Å². The van der Waals surface area contributed by atoms with Crippen molar-refractivity contribution in [1.82, 2.24) is 4.98 Å². The van der Waals surface area contributed by atoms with Crippen LogP contribution >= 0.6 is 0 Å². The van der Waals surface area contributed by atoms with E-state index in [-0.39, 0.29) is 5.54 Å². The summed E-state index contributed by atoms with van der Waals surface area (Å²) in [6.45, 7) is 4.60. The summed E-state index contributed by atoms with van der Waals surface area (Å²) in [5.41, 5.74) is 7.57. The number of nitrogens with zero attached hydrogens (tertiary/aromatic N) is 1. The topological polar surface area (TPSA) is 38.9 Å². The SMILES string of the molecule is CC1CC(C)CC(N)(c2cccnc2)C1. The summed E-state index contributed by atoms with van der Waals surface area (Å²) in [7, 11) is 0. The van der Waals surface area contributed by atoms with Crippen molar-refractivity contribution in [2.24, 2.45) is 17.6 Å². The first-order valence-electron chi connectivity index (χ1n) is 5.79.